The maximum atomic E-state index is 2.69. The highest BCUT2D eigenvalue weighted by molar-refractivity contribution is 7.26. The molecule has 2 aliphatic carbocycles. The number of rotatable bonds is 8. The molecule has 2 fully saturated rings. The molecule has 2 bridgehead atoms. The third-order valence-corrected chi connectivity index (χ3v) is 18.4. The summed E-state index contributed by atoms with van der Waals surface area (Å²) in [5, 5.41) is 3.93. The molecule has 3 atom stereocenters. The van der Waals surface area contributed by atoms with Crippen molar-refractivity contribution in [1.29, 1.82) is 0 Å². The molecule has 4 heteroatoms. The van der Waals surface area contributed by atoms with Gasteiger partial charge in [0.2, 0.25) is 0 Å². The van der Waals surface area contributed by atoms with Gasteiger partial charge in [-0.2, -0.15) is 0 Å². The van der Waals surface area contributed by atoms with Gasteiger partial charge in [-0.05, 0) is 185 Å². The van der Waals surface area contributed by atoms with E-state index in [4.69, 9.17) is 0 Å². The number of anilines is 6. The second-order valence-electron chi connectivity index (χ2n) is 26.5. The van der Waals surface area contributed by atoms with E-state index in [2.05, 4.69) is 258 Å². The second kappa shape index (κ2) is 18.0. The maximum Gasteiger partial charge on any atom is 0.0765 e. The van der Waals surface area contributed by atoms with E-state index in [1.165, 1.54) is 141 Å². The fourth-order valence-electron chi connectivity index (χ4n) is 12.8. The van der Waals surface area contributed by atoms with Crippen LogP contribution in [0, 0.1) is 32.6 Å². The molecule has 0 amide bonds. The van der Waals surface area contributed by atoms with Crippen LogP contribution in [0.2, 0.25) is 0 Å². The summed E-state index contributed by atoms with van der Waals surface area (Å²) in [7, 11) is 0. The van der Waals surface area contributed by atoms with E-state index in [9.17, 15) is 0 Å². The Kier molecular flexibility index (Phi) is 12.2. The standard InChI is InChI=1S/C70H79N3S/c1-43-38-52(70(13,14)15)28-36-59(43)72(54-31-24-50(25-32-54)68(7,8)9)61-41-48(58-40-46-20-21-47(58)39-46)42-62(44(61)2)73(55-33-26-51(27-34-55)69(10,11)12)65-45(3)71(53-29-22-49(23-30-53)67(4,5)6)60-37-35-57-56-18-16-17-19-63(56)74-66(57)64(60)65/h16-19,22-38,41-42,46-47,58H,20-21,39-40H2,1-15H3. The predicted octanol–water partition coefficient (Wildman–Crippen LogP) is 21.0. The van der Waals surface area contributed by atoms with Crippen molar-refractivity contribution in [2.45, 2.75) is 157 Å². The van der Waals surface area contributed by atoms with Crippen LogP contribution in [0.4, 0.5) is 34.1 Å². The average Bonchev–Trinajstić information content (AvgIpc) is 4.14. The Bertz CT molecular complexity index is 3570. The summed E-state index contributed by atoms with van der Waals surface area (Å²) in [5.41, 5.74) is 20.4. The van der Waals surface area contributed by atoms with Crippen LogP contribution in [0.1, 0.15) is 159 Å². The zero-order valence-corrected chi connectivity index (χ0v) is 47.9. The van der Waals surface area contributed by atoms with E-state index < -0.39 is 0 Å². The van der Waals surface area contributed by atoms with E-state index >= 15 is 0 Å². The molecule has 2 aliphatic rings. The van der Waals surface area contributed by atoms with Gasteiger partial charge in [-0.25, -0.2) is 0 Å². The van der Waals surface area contributed by atoms with Crippen molar-refractivity contribution < 1.29 is 0 Å². The van der Waals surface area contributed by atoms with Crippen molar-refractivity contribution in [2.75, 3.05) is 9.80 Å². The van der Waals surface area contributed by atoms with Crippen LogP contribution in [0.3, 0.4) is 0 Å². The highest BCUT2D eigenvalue weighted by Crippen LogP contribution is 2.57. The first-order valence-electron chi connectivity index (χ1n) is 27.6. The fourth-order valence-corrected chi connectivity index (χ4v) is 14.1. The molecule has 3 unspecified atom stereocenters. The summed E-state index contributed by atoms with van der Waals surface area (Å²) in [6.07, 6.45) is 5.29. The van der Waals surface area contributed by atoms with Gasteiger partial charge in [0.1, 0.15) is 0 Å². The monoisotopic (exact) mass is 994 g/mol. The number of hydrogen-bond donors (Lipinski definition) is 0. The van der Waals surface area contributed by atoms with Crippen molar-refractivity contribution in [3.63, 3.8) is 0 Å². The Morgan fingerprint density at radius 2 is 1.04 bits per heavy atom. The highest BCUT2D eigenvalue weighted by atomic mass is 32.1. The van der Waals surface area contributed by atoms with E-state index in [0.717, 1.165) is 5.92 Å². The number of fused-ring (bicyclic) bond motifs is 7. The molecule has 2 heterocycles. The van der Waals surface area contributed by atoms with Gasteiger partial charge in [-0.3, -0.25) is 0 Å². The van der Waals surface area contributed by atoms with Crippen LogP contribution in [0.25, 0.3) is 36.8 Å². The smallest absolute Gasteiger partial charge is 0.0765 e. The SMILES string of the molecule is Cc1cc(C(C)(C)C)ccc1N(c1ccc(C(C)(C)C)cc1)c1cc(C2CC3CCC2C3)cc(N(c2ccc(C(C)(C)C)cc2)c2c(C)n(-c3ccc(C(C)(C)C)cc3)c3ccc4c5ccccc5sc4c23)c1C. The molecular weight excluding hydrogens is 915 g/mol. The number of benzene rings is 7. The molecule has 0 N–H and O–H groups in total. The highest BCUT2D eigenvalue weighted by Gasteiger charge is 2.41. The molecule has 2 saturated carbocycles. The van der Waals surface area contributed by atoms with Gasteiger partial charge in [0.15, 0.2) is 0 Å². The van der Waals surface area contributed by atoms with Gasteiger partial charge in [-0.1, -0.05) is 162 Å². The van der Waals surface area contributed by atoms with Crippen molar-refractivity contribution >= 4 is 76.5 Å². The molecule has 9 aromatic rings. The lowest BCUT2D eigenvalue weighted by molar-refractivity contribution is 0.420. The Balaban J connectivity index is 1.25. The first-order chi connectivity index (χ1) is 35.0. The zero-order chi connectivity index (χ0) is 52.4. The van der Waals surface area contributed by atoms with E-state index in [1.807, 2.05) is 11.3 Å². The first-order valence-corrected chi connectivity index (χ1v) is 28.4. The summed E-state index contributed by atoms with van der Waals surface area (Å²) in [6, 6.07) is 54.7. The van der Waals surface area contributed by atoms with Crippen molar-refractivity contribution in [2.24, 2.45) is 11.8 Å². The lowest BCUT2D eigenvalue weighted by atomic mass is 9.82. The number of aromatic nitrogens is 1. The van der Waals surface area contributed by atoms with Crippen LogP contribution in [-0.2, 0) is 21.7 Å². The van der Waals surface area contributed by atoms with Crippen LogP contribution in [0.5, 0.6) is 0 Å². The Morgan fingerprint density at radius 1 is 0.500 bits per heavy atom. The van der Waals surface area contributed by atoms with Crippen LogP contribution >= 0.6 is 11.3 Å². The van der Waals surface area contributed by atoms with Gasteiger partial charge < -0.3 is 14.4 Å². The fraction of sp³-hybridized carbons (Fsp3) is 0.371. The minimum absolute atomic E-state index is 0.00594. The summed E-state index contributed by atoms with van der Waals surface area (Å²) < 4.78 is 5.21. The molecule has 3 nitrogen and oxygen atoms in total. The van der Waals surface area contributed by atoms with Crippen LogP contribution in [0.15, 0.2) is 140 Å². The summed E-state index contributed by atoms with van der Waals surface area (Å²) in [5.74, 6) is 2.01. The molecular formula is C70H79N3S. The minimum atomic E-state index is 0.00594. The minimum Gasteiger partial charge on any atom is -0.312 e. The van der Waals surface area contributed by atoms with Gasteiger partial charge in [-0.15, -0.1) is 11.3 Å². The normalized spacial score (nSPS) is 17.3. The van der Waals surface area contributed by atoms with E-state index in [0.29, 0.717) is 11.8 Å². The summed E-state index contributed by atoms with van der Waals surface area (Å²) in [4.78, 5) is 5.31. The molecule has 11 rings (SSSR count). The molecule has 380 valence electrons. The topological polar surface area (TPSA) is 11.4 Å². The summed E-state index contributed by atoms with van der Waals surface area (Å²) in [6.45, 7) is 35.0. The van der Waals surface area contributed by atoms with Crippen LogP contribution in [-0.4, -0.2) is 4.57 Å². The molecule has 7 aromatic carbocycles. The Hall–Kier alpha value is -6.10. The lowest BCUT2D eigenvalue weighted by Gasteiger charge is -2.35. The Labute approximate surface area is 447 Å². The van der Waals surface area contributed by atoms with Crippen molar-refractivity contribution in [3.8, 4) is 5.69 Å². The molecule has 0 radical (unpaired) electrons. The third kappa shape index (κ3) is 8.77. The zero-order valence-electron chi connectivity index (χ0n) is 47.1. The van der Waals surface area contributed by atoms with Crippen molar-refractivity contribution in [3.05, 3.63) is 184 Å². The number of aryl methyl sites for hydroxylation is 1. The largest absolute Gasteiger partial charge is 0.312 e. The average molecular weight is 994 g/mol. The molecule has 0 saturated heterocycles. The number of nitrogens with zero attached hydrogens (tertiary/aromatic N) is 3. The molecule has 74 heavy (non-hydrogen) atoms. The maximum absolute atomic E-state index is 2.69. The first kappa shape index (κ1) is 50.1. The van der Waals surface area contributed by atoms with Crippen molar-refractivity contribution in [1.82, 2.24) is 4.57 Å². The quantitative estimate of drug-likeness (QED) is 0.150. The molecule has 2 aromatic heterocycles. The van der Waals surface area contributed by atoms with E-state index in [-0.39, 0.29) is 21.7 Å². The summed E-state index contributed by atoms with van der Waals surface area (Å²) >= 11 is 1.94. The van der Waals surface area contributed by atoms with Gasteiger partial charge in [0.25, 0.3) is 0 Å². The number of thiophene rings is 1. The van der Waals surface area contributed by atoms with Gasteiger partial charge in [0, 0.05) is 54.0 Å². The second-order valence-corrected chi connectivity index (χ2v) is 27.5. The third-order valence-electron chi connectivity index (χ3n) is 17.2. The molecule has 0 aliphatic heterocycles. The Morgan fingerprint density at radius 3 is 1.58 bits per heavy atom. The van der Waals surface area contributed by atoms with E-state index in [1.54, 1.807) is 0 Å². The number of hydrogen-bond acceptors (Lipinski definition) is 3. The lowest BCUT2D eigenvalue weighted by Crippen LogP contribution is -2.20. The molecule has 0 spiro atoms. The predicted molar refractivity (Wildman–Crippen MR) is 323 cm³/mol. The van der Waals surface area contributed by atoms with Crippen LogP contribution < -0.4 is 9.80 Å². The van der Waals surface area contributed by atoms with Gasteiger partial charge in [0.05, 0.1) is 22.6 Å². The van der Waals surface area contributed by atoms with Gasteiger partial charge >= 0.3 is 0 Å².